The topological polar surface area (TPSA) is 64.3 Å². The fourth-order valence-corrected chi connectivity index (χ4v) is 1.18. The van der Waals surface area contributed by atoms with Gasteiger partial charge < -0.3 is 10.6 Å². The van der Waals surface area contributed by atoms with Crippen LogP contribution in [0.2, 0.25) is 0 Å². The lowest BCUT2D eigenvalue weighted by Crippen LogP contribution is -2.35. The molecule has 0 aromatic heterocycles. The Kier molecular flexibility index (Phi) is 4.68. The zero-order valence-electron chi connectivity index (χ0n) is 7.85. The first kappa shape index (κ1) is 10.7. The molecule has 0 spiro atoms. The van der Waals surface area contributed by atoms with Crippen molar-refractivity contribution < 1.29 is 9.63 Å². The predicted molar refractivity (Wildman–Crippen MR) is 53.3 cm³/mol. The third-order valence-corrected chi connectivity index (χ3v) is 1.82. The van der Waals surface area contributed by atoms with Crippen molar-refractivity contribution in [3.05, 3.63) is 35.9 Å². The maximum Gasteiger partial charge on any atom is 0.312 e. The first-order valence-electron chi connectivity index (χ1n) is 4.44. The molecule has 1 aromatic carbocycles. The average Bonchev–Trinajstić information content (AvgIpc) is 2.20. The third-order valence-electron chi connectivity index (χ3n) is 1.82. The lowest BCUT2D eigenvalue weighted by atomic mass is 10.1. The molecule has 0 unspecified atom stereocenters. The van der Waals surface area contributed by atoms with Crippen LogP contribution in [0, 0.1) is 0 Å². The van der Waals surface area contributed by atoms with Gasteiger partial charge in [-0.2, -0.15) is 5.48 Å². The number of carbonyl (C=O) groups is 1. The van der Waals surface area contributed by atoms with Gasteiger partial charge in [0.15, 0.2) is 0 Å². The summed E-state index contributed by atoms with van der Waals surface area (Å²) in [7, 11) is 0. The van der Waals surface area contributed by atoms with Gasteiger partial charge in [-0.05, 0) is 12.0 Å². The predicted octanol–water partition coefficient (Wildman–Crippen LogP) is 0.234. The molecule has 0 fully saturated rings. The first-order chi connectivity index (χ1) is 6.83. The summed E-state index contributed by atoms with van der Waals surface area (Å²) in [5, 5.41) is 0. The number of nitrogens with one attached hydrogen (secondary N) is 1. The molecule has 14 heavy (non-hydrogen) atoms. The van der Waals surface area contributed by atoms with E-state index in [0.29, 0.717) is 13.0 Å². The van der Waals surface area contributed by atoms with E-state index in [2.05, 4.69) is 10.3 Å². The Hall–Kier alpha value is -1.39. The molecule has 3 N–H and O–H groups in total. The summed E-state index contributed by atoms with van der Waals surface area (Å²) in [6, 6.07) is 9.87. The van der Waals surface area contributed by atoms with E-state index in [9.17, 15) is 4.79 Å². The molecule has 1 aromatic rings. The summed E-state index contributed by atoms with van der Waals surface area (Å²) in [6.45, 7) is 0.795. The largest absolute Gasteiger partial charge is 0.374 e. The average molecular weight is 194 g/mol. The zero-order valence-corrected chi connectivity index (χ0v) is 7.85. The molecule has 0 saturated carbocycles. The van der Waals surface area contributed by atoms with Crippen molar-refractivity contribution in [1.29, 1.82) is 0 Å². The molecule has 0 saturated heterocycles. The molecule has 0 aliphatic carbocycles. The Morgan fingerprint density at radius 2 is 2.14 bits per heavy atom. The van der Waals surface area contributed by atoms with E-state index in [0.717, 1.165) is 6.42 Å². The lowest BCUT2D eigenvalue weighted by molar-refractivity contribution is -0.135. The van der Waals surface area contributed by atoms with Crippen LogP contribution in [0.3, 0.4) is 0 Å². The van der Waals surface area contributed by atoms with Crippen LogP contribution in [-0.4, -0.2) is 19.1 Å². The smallest absolute Gasteiger partial charge is 0.312 e. The molecule has 1 atom stereocenters. The van der Waals surface area contributed by atoms with Crippen molar-refractivity contribution >= 4 is 6.47 Å². The van der Waals surface area contributed by atoms with Crippen LogP contribution in [0.15, 0.2) is 30.3 Å². The standard InChI is InChI=1S/C10H14N2O2/c11-10(7-12-14-8-13)6-9-4-2-1-3-5-9/h1-5,8,10,12H,6-7,11H2/t10-/m1/s1. The summed E-state index contributed by atoms with van der Waals surface area (Å²) in [5.41, 5.74) is 9.42. The number of rotatable bonds is 6. The van der Waals surface area contributed by atoms with Gasteiger partial charge in [0.2, 0.25) is 0 Å². The van der Waals surface area contributed by atoms with Crippen LogP contribution < -0.4 is 11.2 Å². The number of carbonyl (C=O) groups excluding carboxylic acids is 1. The van der Waals surface area contributed by atoms with E-state index in [4.69, 9.17) is 5.73 Å². The molecule has 4 heteroatoms. The second-order valence-electron chi connectivity index (χ2n) is 3.01. The molecule has 76 valence electrons. The van der Waals surface area contributed by atoms with Gasteiger partial charge in [-0.1, -0.05) is 30.3 Å². The van der Waals surface area contributed by atoms with Gasteiger partial charge in [-0.25, -0.2) is 0 Å². The molecule has 0 heterocycles. The van der Waals surface area contributed by atoms with Crippen LogP contribution in [0.1, 0.15) is 5.56 Å². The van der Waals surface area contributed by atoms with E-state index in [1.54, 1.807) is 0 Å². The number of hydroxylamine groups is 1. The Balaban J connectivity index is 2.26. The Bertz CT molecular complexity index is 264. The van der Waals surface area contributed by atoms with Gasteiger partial charge in [0, 0.05) is 12.6 Å². The molecule has 0 aliphatic heterocycles. The molecule has 0 aliphatic rings. The third kappa shape index (κ3) is 4.02. The van der Waals surface area contributed by atoms with E-state index < -0.39 is 0 Å². The molecule has 0 bridgehead atoms. The highest BCUT2D eigenvalue weighted by Gasteiger charge is 2.02. The van der Waals surface area contributed by atoms with Gasteiger partial charge in [0.05, 0.1) is 0 Å². The van der Waals surface area contributed by atoms with Crippen LogP contribution in [0.25, 0.3) is 0 Å². The second-order valence-corrected chi connectivity index (χ2v) is 3.01. The highest BCUT2D eigenvalue weighted by Crippen LogP contribution is 2.00. The molecular weight excluding hydrogens is 180 g/mol. The minimum Gasteiger partial charge on any atom is -0.374 e. The van der Waals surface area contributed by atoms with E-state index in [1.165, 1.54) is 5.56 Å². The van der Waals surface area contributed by atoms with Crippen molar-refractivity contribution in [2.24, 2.45) is 5.73 Å². The summed E-state index contributed by atoms with van der Waals surface area (Å²) in [6.07, 6.45) is 0.760. The van der Waals surface area contributed by atoms with Gasteiger partial charge >= 0.3 is 6.47 Å². The van der Waals surface area contributed by atoms with Crippen molar-refractivity contribution in [3.63, 3.8) is 0 Å². The van der Waals surface area contributed by atoms with Crippen molar-refractivity contribution in [3.8, 4) is 0 Å². The monoisotopic (exact) mass is 194 g/mol. The van der Waals surface area contributed by atoms with E-state index >= 15 is 0 Å². The van der Waals surface area contributed by atoms with Crippen LogP contribution >= 0.6 is 0 Å². The van der Waals surface area contributed by atoms with E-state index in [1.807, 2.05) is 30.3 Å². The lowest BCUT2D eigenvalue weighted by Gasteiger charge is -2.10. The normalized spacial score (nSPS) is 12.1. The van der Waals surface area contributed by atoms with E-state index in [-0.39, 0.29) is 6.04 Å². The minimum absolute atomic E-state index is 0.0580. The fraction of sp³-hybridized carbons (Fsp3) is 0.300. The van der Waals surface area contributed by atoms with Gasteiger partial charge in [0.1, 0.15) is 0 Å². The Morgan fingerprint density at radius 3 is 2.79 bits per heavy atom. The van der Waals surface area contributed by atoms with Gasteiger partial charge in [-0.15, -0.1) is 0 Å². The van der Waals surface area contributed by atoms with Crippen LogP contribution in [0.4, 0.5) is 0 Å². The maximum absolute atomic E-state index is 9.82. The second kappa shape index (κ2) is 6.12. The summed E-state index contributed by atoms with van der Waals surface area (Å²) < 4.78 is 0. The van der Waals surface area contributed by atoms with Crippen LogP contribution in [0.5, 0.6) is 0 Å². The quantitative estimate of drug-likeness (QED) is 0.386. The number of hydrogen-bond donors (Lipinski definition) is 2. The molecule has 0 radical (unpaired) electrons. The van der Waals surface area contributed by atoms with Crippen molar-refractivity contribution in [2.45, 2.75) is 12.5 Å². The number of nitrogens with two attached hydrogens (primary N) is 1. The summed E-state index contributed by atoms with van der Waals surface area (Å²) >= 11 is 0. The SMILES string of the molecule is N[C@@H](CNOC=O)Cc1ccccc1. The summed E-state index contributed by atoms with van der Waals surface area (Å²) in [5.74, 6) is 0. The fourth-order valence-electron chi connectivity index (χ4n) is 1.18. The maximum atomic E-state index is 9.82. The zero-order chi connectivity index (χ0) is 10.2. The van der Waals surface area contributed by atoms with Crippen molar-refractivity contribution in [1.82, 2.24) is 5.48 Å². The Morgan fingerprint density at radius 1 is 1.43 bits per heavy atom. The Labute approximate surface area is 83.0 Å². The molecule has 0 amide bonds. The van der Waals surface area contributed by atoms with Gasteiger partial charge in [0.25, 0.3) is 0 Å². The highest BCUT2D eigenvalue weighted by molar-refractivity contribution is 5.36. The van der Waals surface area contributed by atoms with Crippen LogP contribution in [-0.2, 0) is 16.1 Å². The summed E-state index contributed by atoms with van der Waals surface area (Å²) in [4.78, 5) is 14.2. The number of hydrogen-bond acceptors (Lipinski definition) is 4. The molecule has 1 rings (SSSR count). The molecule has 4 nitrogen and oxygen atoms in total. The minimum atomic E-state index is -0.0580. The number of benzene rings is 1. The highest BCUT2D eigenvalue weighted by atomic mass is 16.7. The van der Waals surface area contributed by atoms with Gasteiger partial charge in [-0.3, -0.25) is 4.79 Å². The van der Waals surface area contributed by atoms with Crippen molar-refractivity contribution in [2.75, 3.05) is 6.54 Å². The first-order valence-corrected chi connectivity index (χ1v) is 4.44. The molecular formula is C10H14N2O2.